The van der Waals surface area contributed by atoms with Crippen LogP contribution in [0.2, 0.25) is 0 Å². The number of hydrogen-bond acceptors (Lipinski definition) is 2. The Morgan fingerprint density at radius 1 is 0.778 bits per heavy atom. The van der Waals surface area contributed by atoms with Crippen LogP contribution in [0.25, 0.3) is 21.5 Å². The Balaban J connectivity index is 1.70. The van der Waals surface area contributed by atoms with E-state index < -0.39 is 0 Å². The fourth-order valence-electron chi connectivity index (χ4n) is 5.49. The van der Waals surface area contributed by atoms with Gasteiger partial charge in [0.1, 0.15) is 0 Å². The molecule has 1 saturated carbocycles. The van der Waals surface area contributed by atoms with Crippen molar-refractivity contribution in [2.24, 2.45) is 5.92 Å². The van der Waals surface area contributed by atoms with Gasteiger partial charge >= 0.3 is 0 Å². The Hall–Kier alpha value is -1.90. The molecule has 0 aromatic heterocycles. The SMILES string of the molecule is c1ccc2c(c1)cc([C@H](C1CCCCC1)N1CCNCC1)c1ccccc12. The van der Waals surface area contributed by atoms with Gasteiger partial charge in [-0.15, -0.1) is 0 Å². The van der Waals surface area contributed by atoms with Crippen LogP contribution in [0.4, 0.5) is 0 Å². The van der Waals surface area contributed by atoms with E-state index in [1.807, 2.05) is 0 Å². The van der Waals surface area contributed by atoms with E-state index in [2.05, 4.69) is 64.8 Å². The monoisotopic (exact) mass is 358 g/mol. The molecular weight excluding hydrogens is 328 g/mol. The molecule has 1 saturated heterocycles. The van der Waals surface area contributed by atoms with E-state index >= 15 is 0 Å². The lowest BCUT2D eigenvalue weighted by Crippen LogP contribution is -2.47. The van der Waals surface area contributed by atoms with Crippen LogP contribution in [0.15, 0.2) is 54.6 Å². The minimum atomic E-state index is 0.557. The van der Waals surface area contributed by atoms with E-state index in [0.717, 1.165) is 19.0 Å². The van der Waals surface area contributed by atoms with Crippen LogP contribution in [-0.4, -0.2) is 31.1 Å². The highest BCUT2D eigenvalue weighted by Gasteiger charge is 2.32. The Morgan fingerprint density at radius 3 is 2.22 bits per heavy atom. The fourth-order valence-corrected chi connectivity index (χ4v) is 5.49. The standard InChI is InChI=1S/C25H30N2/c1-2-8-19(9-3-1)25(27-16-14-26-15-17-27)24-18-20-10-4-5-11-21(20)22-12-6-7-13-23(22)24/h4-7,10-13,18-19,25-26H,1-3,8-9,14-17H2/t25-/m0/s1. The third-order valence-electron chi connectivity index (χ3n) is 6.76. The maximum Gasteiger partial charge on any atom is 0.0383 e. The third-order valence-corrected chi connectivity index (χ3v) is 6.76. The van der Waals surface area contributed by atoms with Gasteiger partial charge in [0.05, 0.1) is 0 Å². The zero-order valence-corrected chi connectivity index (χ0v) is 16.2. The summed E-state index contributed by atoms with van der Waals surface area (Å²) < 4.78 is 0. The van der Waals surface area contributed by atoms with Crippen molar-refractivity contribution in [1.82, 2.24) is 10.2 Å². The molecule has 0 amide bonds. The molecule has 0 unspecified atom stereocenters. The van der Waals surface area contributed by atoms with Gasteiger partial charge in [0, 0.05) is 32.2 Å². The minimum Gasteiger partial charge on any atom is -0.314 e. The first-order chi connectivity index (χ1) is 13.4. The molecule has 1 aliphatic heterocycles. The molecule has 1 aliphatic carbocycles. The van der Waals surface area contributed by atoms with Gasteiger partial charge in [-0.1, -0.05) is 67.8 Å². The summed E-state index contributed by atoms with van der Waals surface area (Å²) in [6, 6.07) is 21.1. The number of piperazine rings is 1. The molecule has 0 radical (unpaired) electrons. The molecule has 2 aliphatic rings. The van der Waals surface area contributed by atoms with Gasteiger partial charge in [0.25, 0.3) is 0 Å². The lowest BCUT2D eigenvalue weighted by atomic mass is 9.78. The zero-order valence-electron chi connectivity index (χ0n) is 16.2. The van der Waals surface area contributed by atoms with Crippen molar-refractivity contribution in [3.63, 3.8) is 0 Å². The smallest absolute Gasteiger partial charge is 0.0383 e. The van der Waals surface area contributed by atoms with Gasteiger partial charge in [0.2, 0.25) is 0 Å². The fraction of sp³-hybridized carbons (Fsp3) is 0.440. The minimum absolute atomic E-state index is 0.557. The predicted molar refractivity (Wildman–Crippen MR) is 115 cm³/mol. The molecule has 1 atom stereocenters. The Bertz CT molecular complexity index is 902. The average Bonchev–Trinajstić information content (AvgIpc) is 2.76. The topological polar surface area (TPSA) is 15.3 Å². The van der Waals surface area contributed by atoms with Crippen LogP contribution < -0.4 is 5.32 Å². The quantitative estimate of drug-likeness (QED) is 0.620. The van der Waals surface area contributed by atoms with E-state index in [9.17, 15) is 0 Å². The van der Waals surface area contributed by atoms with Gasteiger partial charge in [-0.05, 0) is 51.9 Å². The van der Waals surface area contributed by atoms with E-state index in [0.29, 0.717) is 6.04 Å². The average molecular weight is 359 g/mol. The molecule has 2 heteroatoms. The van der Waals surface area contributed by atoms with Crippen molar-refractivity contribution in [1.29, 1.82) is 0 Å². The second kappa shape index (κ2) is 7.61. The second-order valence-corrected chi connectivity index (χ2v) is 8.36. The Kier molecular flexibility index (Phi) is 4.85. The molecule has 0 bridgehead atoms. The summed E-state index contributed by atoms with van der Waals surface area (Å²) >= 11 is 0. The molecular formula is C25H30N2. The Morgan fingerprint density at radius 2 is 1.44 bits per heavy atom. The van der Waals surface area contributed by atoms with Crippen LogP contribution in [-0.2, 0) is 0 Å². The van der Waals surface area contributed by atoms with Gasteiger partial charge in [-0.25, -0.2) is 0 Å². The molecule has 2 fully saturated rings. The molecule has 0 spiro atoms. The molecule has 2 nitrogen and oxygen atoms in total. The van der Waals surface area contributed by atoms with Crippen LogP contribution in [0.1, 0.15) is 43.7 Å². The summed E-state index contributed by atoms with van der Waals surface area (Å²) in [7, 11) is 0. The highest BCUT2D eigenvalue weighted by atomic mass is 15.2. The number of nitrogens with one attached hydrogen (secondary N) is 1. The maximum absolute atomic E-state index is 3.55. The summed E-state index contributed by atoms with van der Waals surface area (Å²) in [6.45, 7) is 4.58. The maximum atomic E-state index is 3.55. The van der Waals surface area contributed by atoms with Crippen molar-refractivity contribution < 1.29 is 0 Å². The number of hydrogen-bond donors (Lipinski definition) is 1. The van der Waals surface area contributed by atoms with Crippen molar-refractivity contribution in [3.8, 4) is 0 Å². The van der Waals surface area contributed by atoms with Crippen LogP contribution in [0, 0.1) is 5.92 Å². The summed E-state index contributed by atoms with van der Waals surface area (Å²) in [5, 5.41) is 9.21. The lowest BCUT2D eigenvalue weighted by Gasteiger charge is -2.41. The molecule has 5 rings (SSSR count). The van der Waals surface area contributed by atoms with Crippen molar-refractivity contribution in [3.05, 3.63) is 60.2 Å². The molecule has 3 aromatic carbocycles. The third kappa shape index (κ3) is 3.26. The highest BCUT2D eigenvalue weighted by Crippen LogP contribution is 2.42. The molecule has 140 valence electrons. The van der Waals surface area contributed by atoms with Crippen LogP contribution in [0.3, 0.4) is 0 Å². The molecule has 1 N–H and O–H groups in total. The summed E-state index contributed by atoms with van der Waals surface area (Å²) in [4.78, 5) is 2.78. The van der Waals surface area contributed by atoms with Crippen molar-refractivity contribution in [2.45, 2.75) is 38.1 Å². The second-order valence-electron chi connectivity index (χ2n) is 8.36. The highest BCUT2D eigenvalue weighted by molar-refractivity contribution is 6.09. The first-order valence-corrected chi connectivity index (χ1v) is 10.8. The molecule has 27 heavy (non-hydrogen) atoms. The zero-order chi connectivity index (χ0) is 18.1. The first kappa shape index (κ1) is 17.2. The summed E-state index contributed by atoms with van der Waals surface area (Å²) in [5.74, 6) is 0.793. The van der Waals surface area contributed by atoms with E-state index in [1.54, 1.807) is 5.56 Å². The lowest BCUT2D eigenvalue weighted by molar-refractivity contribution is 0.104. The number of nitrogens with zero attached hydrogens (tertiary/aromatic N) is 1. The van der Waals surface area contributed by atoms with Crippen LogP contribution in [0.5, 0.6) is 0 Å². The van der Waals surface area contributed by atoms with Crippen molar-refractivity contribution in [2.75, 3.05) is 26.2 Å². The van der Waals surface area contributed by atoms with Gasteiger partial charge in [-0.3, -0.25) is 4.90 Å². The molecule has 3 aromatic rings. The number of rotatable bonds is 3. The van der Waals surface area contributed by atoms with Gasteiger partial charge in [0.15, 0.2) is 0 Å². The summed E-state index contributed by atoms with van der Waals surface area (Å²) in [5.41, 5.74) is 1.57. The summed E-state index contributed by atoms with van der Waals surface area (Å²) in [6.07, 6.45) is 6.99. The van der Waals surface area contributed by atoms with E-state index in [-0.39, 0.29) is 0 Å². The van der Waals surface area contributed by atoms with E-state index in [1.165, 1.54) is 66.7 Å². The number of benzene rings is 3. The predicted octanol–water partition coefficient (Wildman–Crippen LogP) is 5.52. The first-order valence-electron chi connectivity index (χ1n) is 10.8. The van der Waals surface area contributed by atoms with E-state index in [4.69, 9.17) is 0 Å². The van der Waals surface area contributed by atoms with Gasteiger partial charge in [-0.2, -0.15) is 0 Å². The normalized spacial score (nSPS) is 20.9. The molecule has 1 heterocycles. The van der Waals surface area contributed by atoms with Gasteiger partial charge < -0.3 is 5.32 Å². The largest absolute Gasteiger partial charge is 0.314 e. The van der Waals surface area contributed by atoms with Crippen molar-refractivity contribution >= 4 is 21.5 Å². The number of fused-ring (bicyclic) bond motifs is 3. The van der Waals surface area contributed by atoms with Crippen LogP contribution >= 0.6 is 0 Å². The Labute approximate surface area is 162 Å².